The lowest BCUT2D eigenvalue weighted by Crippen LogP contribution is -2.47. The van der Waals surface area contributed by atoms with Crippen LogP contribution in [0.2, 0.25) is 0 Å². The molecule has 2 aliphatic heterocycles. The van der Waals surface area contributed by atoms with Gasteiger partial charge in [-0.25, -0.2) is 4.79 Å². The number of allylic oxidation sites excluding steroid dienone is 1. The highest BCUT2D eigenvalue weighted by atomic mass is 16.5. The first kappa shape index (κ1) is 23.9. The number of carboxylic acids is 1. The molecular formula is C30H31NO5. The number of carbonyl (C=O) groups is 1. The van der Waals surface area contributed by atoms with Gasteiger partial charge in [-0.1, -0.05) is 37.6 Å². The number of aromatic hydroxyl groups is 1. The number of phenolic OH excluding ortho intramolecular Hbond substituents is 1. The number of phenols is 1. The second kappa shape index (κ2) is 10.1. The molecule has 5 rings (SSSR count). The van der Waals surface area contributed by atoms with Crippen molar-refractivity contribution in [3.8, 4) is 17.2 Å². The van der Waals surface area contributed by atoms with Crippen LogP contribution >= 0.6 is 0 Å². The number of rotatable bonds is 8. The van der Waals surface area contributed by atoms with Crippen molar-refractivity contribution in [2.75, 3.05) is 26.2 Å². The fourth-order valence-electron chi connectivity index (χ4n) is 5.01. The summed E-state index contributed by atoms with van der Waals surface area (Å²) < 4.78 is 12.4. The first-order valence-corrected chi connectivity index (χ1v) is 12.4. The van der Waals surface area contributed by atoms with Crippen molar-refractivity contribution in [2.24, 2.45) is 5.92 Å². The average molecular weight is 486 g/mol. The van der Waals surface area contributed by atoms with Crippen LogP contribution in [0.15, 0.2) is 66.7 Å². The molecule has 186 valence electrons. The van der Waals surface area contributed by atoms with Gasteiger partial charge in [0.1, 0.15) is 30.0 Å². The predicted molar refractivity (Wildman–Crippen MR) is 140 cm³/mol. The number of nitrogens with zero attached hydrogens (tertiary/aromatic N) is 1. The highest BCUT2D eigenvalue weighted by Gasteiger charge is 2.30. The molecule has 1 saturated heterocycles. The lowest BCUT2D eigenvalue weighted by Gasteiger charge is -2.38. The third-order valence-corrected chi connectivity index (χ3v) is 7.17. The maximum atomic E-state index is 11.6. The summed E-state index contributed by atoms with van der Waals surface area (Å²) in [5, 5.41) is 19.6. The van der Waals surface area contributed by atoms with Crippen LogP contribution < -0.4 is 9.47 Å². The van der Waals surface area contributed by atoms with E-state index in [1.165, 1.54) is 6.42 Å². The van der Waals surface area contributed by atoms with Gasteiger partial charge < -0.3 is 19.7 Å². The lowest BCUT2D eigenvalue weighted by molar-refractivity contribution is 0.0696. The van der Waals surface area contributed by atoms with E-state index in [9.17, 15) is 15.0 Å². The Morgan fingerprint density at radius 3 is 2.58 bits per heavy atom. The minimum absolute atomic E-state index is 0.152. The molecule has 6 heteroatoms. The summed E-state index contributed by atoms with van der Waals surface area (Å²) in [5.74, 6) is 1.48. The number of hydrogen-bond acceptors (Lipinski definition) is 5. The topological polar surface area (TPSA) is 79.2 Å². The van der Waals surface area contributed by atoms with Gasteiger partial charge in [0.2, 0.25) is 0 Å². The molecule has 0 unspecified atom stereocenters. The van der Waals surface area contributed by atoms with Gasteiger partial charge in [-0.05, 0) is 72.0 Å². The number of carboxylic acid groups (broad SMARTS) is 1. The number of ether oxygens (including phenoxy) is 2. The Balaban J connectivity index is 1.41. The van der Waals surface area contributed by atoms with Crippen molar-refractivity contribution in [3.05, 3.63) is 89.0 Å². The van der Waals surface area contributed by atoms with Crippen LogP contribution in [0.1, 0.15) is 53.4 Å². The van der Waals surface area contributed by atoms with Crippen molar-refractivity contribution in [1.29, 1.82) is 0 Å². The quantitative estimate of drug-likeness (QED) is 0.415. The third kappa shape index (κ3) is 4.82. The summed E-state index contributed by atoms with van der Waals surface area (Å²) >= 11 is 0. The monoisotopic (exact) mass is 485 g/mol. The van der Waals surface area contributed by atoms with Crippen molar-refractivity contribution in [1.82, 2.24) is 4.90 Å². The summed E-state index contributed by atoms with van der Waals surface area (Å²) in [7, 11) is 0. The zero-order valence-electron chi connectivity index (χ0n) is 20.6. The Hall–Kier alpha value is -3.77. The number of hydrogen-bond donors (Lipinski definition) is 2. The van der Waals surface area contributed by atoms with E-state index < -0.39 is 12.1 Å². The van der Waals surface area contributed by atoms with E-state index in [0.717, 1.165) is 59.1 Å². The zero-order valence-corrected chi connectivity index (χ0v) is 20.6. The van der Waals surface area contributed by atoms with E-state index in [4.69, 9.17) is 9.47 Å². The highest BCUT2D eigenvalue weighted by Crippen LogP contribution is 2.47. The molecule has 0 aliphatic carbocycles. The van der Waals surface area contributed by atoms with Gasteiger partial charge in [0, 0.05) is 30.8 Å². The maximum absolute atomic E-state index is 11.6. The summed E-state index contributed by atoms with van der Waals surface area (Å²) in [6.45, 7) is 8.12. The molecule has 3 aromatic carbocycles. The Kier molecular flexibility index (Phi) is 6.70. The van der Waals surface area contributed by atoms with E-state index in [0.29, 0.717) is 12.4 Å². The second-order valence-corrected chi connectivity index (χ2v) is 9.55. The summed E-state index contributed by atoms with van der Waals surface area (Å²) in [6.07, 6.45) is 0.803. The van der Waals surface area contributed by atoms with E-state index in [2.05, 4.69) is 11.8 Å². The first-order chi connectivity index (χ1) is 17.4. The Morgan fingerprint density at radius 1 is 1.08 bits per heavy atom. The molecule has 2 aliphatic rings. The Morgan fingerprint density at radius 2 is 1.86 bits per heavy atom. The molecule has 6 nitrogen and oxygen atoms in total. The van der Waals surface area contributed by atoms with Gasteiger partial charge in [-0.3, -0.25) is 4.90 Å². The normalized spacial score (nSPS) is 17.8. The van der Waals surface area contributed by atoms with Gasteiger partial charge in [-0.2, -0.15) is 0 Å². The SMILES string of the molecule is CCC1CN(CCOc2ccc([C@@H]3Oc4ccc(O)cc4C(C)=C3c3cccc(C(=O)O)c3)cc2)C1. The minimum Gasteiger partial charge on any atom is -0.508 e. The predicted octanol–water partition coefficient (Wildman–Crippen LogP) is 5.88. The molecule has 1 fully saturated rings. The molecule has 0 bridgehead atoms. The van der Waals surface area contributed by atoms with E-state index in [-0.39, 0.29) is 11.3 Å². The second-order valence-electron chi connectivity index (χ2n) is 9.55. The molecule has 0 saturated carbocycles. The molecule has 2 heterocycles. The first-order valence-electron chi connectivity index (χ1n) is 12.4. The van der Waals surface area contributed by atoms with E-state index >= 15 is 0 Å². The highest BCUT2D eigenvalue weighted by molar-refractivity contribution is 5.97. The molecule has 0 aromatic heterocycles. The van der Waals surface area contributed by atoms with Crippen molar-refractivity contribution in [3.63, 3.8) is 0 Å². The largest absolute Gasteiger partial charge is 0.508 e. The Bertz CT molecular complexity index is 1290. The van der Waals surface area contributed by atoms with E-state index in [1.54, 1.807) is 36.4 Å². The third-order valence-electron chi connectivity index (χ3n) is 7.17. The lowest BCUT2D eigenvalue weighted by atomic mass is 9.85. The van der Waals surface area contributed by atoms with Crippen LogP contribution in [0.4, 0.5) is 0 Å². The van der Waals surface area contributed by atoms with Crippen molar-refractivity contribution in [2.45, 2.75) is 26.4 Å². The molecule has 1 atom stereocenters. The number of benzene rings is 3. The van der Waals surface area contributed by atoms with Crippen LogP contribution in [0.3, 0.4) is 0 Å². The molecule has 2 N–H and O–H groups in total. The molecule has 36 heavy (non-hydrogen) atoms. The minimum atomic E-state index is -0.980. The smallest absolute Gasteiger partial charge is 0.335 e. The van der Waals surface area contributed by atoms with Crippen LogP contribution in [0.5, 0.6) is 17.2 Å². The number of likely N-dealkylation sites (tertiary alicyclic amines) is 1. The maximum Gasteiger partial charge on any atom is 0.335 e. The van der Waals surface area contributed by atoms with E-state index in [1.807, 2.05) is 37.3 Å². The molecule has 0 amide bonds. The van der Waals surface area contributed by atoms with Gasteiger partial charge >= 0.3 is 5.97 Å². The molecule has 0 radical (unpaired) electrons. The van der Waals surface area contributed by atoms with Crippen molar-refractivity contribution < 1.29 is 24.5 Å². The fraction of sp³-hybridized carbons (Fsp3) is 0.300. The summed E-state index contributed by atoms with van der Waals surface area (Å²) in [6, 6.07) is 19.8. The molecular weight excluding hydrogens is 454 g/mol. The number of aromatic carboxylic acids is 1. The summed E-state index contributed by atoms with van der Waals surface area (Å²) in [4.78, 5) is 14.1. The average Bonchev–Trinajstić information content (AvgIpc) is 2.86. The van der Waals surface area contributed by atoms with Crippen molar-refractivity contribution >= 4 is 17.1 Å². The van der Waals surface area contributed by atoms with Gasteiger partial charge in [0.25, 0.3) is 0 Å². The van der Waals surface area contributed by atoms with Crippen LogP contribution in [0, 0.1) is 5.92 Å². The summed E-state index contributed by atoms with van der Waals surface area (Å²) in [5.41, 5.74) is 4.51. The van der Waals surface area contributed by atoms with Gasteiger partial charge in [0.15, 0.2) is 0 Å². The van der Waals surface area contributed by atoms with Gasteiger partial charge in [0.05, 0.1) is 5.56 Å². The standard InChI is InChI=1S/C30H31NO5/c1-3-20-17-31(18-20)13-14-35-25-10-7-21(8-11-25)29-28(22-5-4-6-23(15-22)30(33)34)19(2)26-16-24(32)9-12-27(26)36-29/h4-12,15-16,20,29,32H,3,13-14,17-18H2,1-2H3,(H,33,34)/t29-/m0/s1. The number of fused-ring (bicyclic) bond motifs is 1. The van der Waals surface area contributed by atoms with Crippen LogP contribution in [-0.2, 0) is 0 Å². The van der Waals surface area contributed by atoms with Crippen LogP contribution in [0.25, 0.3) is 11.1 Å². The molecule has 0 spiro atoms. The van der Waals surface area contributed by atoms with Gasteiger partial charge in [-0.15, -0.1) is 0 Å². The fourth-order valence-corrected chi connectivity index (χ4v) is 5.01. The Labute approximate surface area is 211 Å². The molecule has 3 aromatic rings. The zero-order chi connectivity index (χ0) is 25.2. The van der Waals surface area contributed by atoms with Crippen LogP contribution in [-0.4, -0.2) is 47.3 Å².